The van der Waals surface area contributed by atoms with Crippen molar-refractivity contribution in [2.45, 2.75) is 37.5 Å². The van der Waals surface area contributed by atoms with Gasteiger partial charge in [-0.2, -0.15) is 0 Å². The maximum atomic E-state index is 11.0. The first-order chi connectivity index (χ1) is 15.9. The van der Waals surface area contributed by atoms with Crippen LogP contribution in [0.25, 0.3) is 21.9 Å². The van der Waals surface area contributed by atoms with Crippen LogP contribution in [0.2, 0.25) is 0 Å². The summed E-state index contributed by atoms with van der Waals surface area (Å²) < 4.78 is 7.21. The molecular formula is C24H26N6O3. The number of nitrogen functional groups attached to an aromatic ring is 2. The average Bonchev–Trinajstić information content (AvgIpc) is 3.30. The number of aliphatic hydroxyl groups is 2. The van der Waals surface area contributed by atoms with Crippen LogP contribution in [0.5, 0.6) is 5.75 Å². The number of anilines is 2. The van der Waals surface area contributed by atoms with E-state index in [2.05, 4.69) is 21.0 Å². The van der Waals surface area contributed by atoms with Crippen molar-refractivity contribution >= 4 is 33.6 Å². The maximum Gasteiger partial charge on any atom is 0.166 e. The number of aromatic nitrogens is 4. The third-order valence-electron chi connectivity index (χ3n) is 7.69. The Hall–Kier alpha value is -3.43. The standard InChI is InChI=1S/C24H26N6O3/c1-33-17-9-13-3-2-12(8-16(13)29-22(17)26)4-6-24-10-15(24)18(19(31)20(24)32)30-7-5-14-21(25)27-11-28-23(14)30/h2-3,5,7-9,11,15,18-20,31-32H,4,6,10H2,1H3,(H2,26,29)(H2,25,27,28)/t15-,18-,19+,20+,24+/m1/s1. The summed E-state index contributed by atoms with van der Waals surface area (Å²) >= 11 is 0. The quantitative estimate of drug-likeness (QED) is 0.364. The molecule has 3 heterocycles. The van der Waals surface area contributed by atoms with Gasteiger partial charge in [0.2, 0.25) is 0 Å². The minimum atomic E-state index is -0.860. The highest BCUT2D eigenvalue weighted by Gasteiger charge is 2.70. The molecule has 0 bridgehead atoms. The molecule has 2 aliphatic rings. The molecule has 0 saturated heterocycles. The van der Waals surface area contributed by atoms with Crippen LogP contribution in [-0.4, -0.2) is 49.0 Å². The average molecular weight is 447 g/mol. The van der Waals surface area contributed by atoms with Crippen LogP contribution in [0.1, 0.15) is 24.4 Å². The Kier molecular flexibility index (Phi) is 4.30. The van der Waals surface area contributed by atoms with Crippen molar-refractivity contribution in [3.05, 3.63) is 48.4 Å². The molecule has 2 aliphatic carbocycles. The number of nitrogens with two attached hydrogens (primary N) is 2. The van der Waals surface area contributed by atoms with Crippen molar-refractivity contribution < 1.29 is 14.9 Å². The lowest BCUT2D eigenvalue weighted by Gasteiger charge is -2.24. The van der Waals surface area contributed by atoms with Crippen LogP contribution in [-0.2, 0) is 6.42 Å². The Balaban J connectivity index is 1.25. The number of aliphatic hydroxyl groups excluding tert-OH is 2. The van der Waals surface area contributed by atoms with Gasteiger partial charge in [-0.15, -0.1) is 0 Å². The molecule has 2 fully saturated rings. The fourth-order valence-corrected chi connectivity index (χ4v) is 5.85. The number of hydrogen-bond acceptors (Lipinski definition) is 8. The Morgan fingerprint density at radius 3 is 2.82 bits per heavy atom. The van der Waals surface area contributed by atoms with Crippen LogP contribution < -0.4 is 16.2 Å². The number of hydrogen-bond donors (Lipinski definition) is 4. The van der Waals surface area contributed by atoms with E-state index >= 15 is 0 Å². The molecule has 6 N–H and O–H groups in total. The third kappa shape index (κ3) is 2.89. The van der Waals surface area contributed by atoms with Crippen molar-refractivity contribution in [3.63, 3.8) is 0 Å². The third-order valence-corrected chi connectivity index (χ3v) is 7.69. The summed E-state index contributed by atoms with van der Waals surface area (Å²) in [5.41, 5.74) is 14.3. The zero-order valence-corrected chi connectivity index (χ0v) is 18.2. The normalized spacial score (nSPS) is 28.3. The molecule has 1 aromatic carbocycles. The van der Waals surface area contributed by atoms with Gasteiger partial charge >= 0.3 is 0 Å². The number of pyridine rings is 1. The second kappa shape index (κ2) is 7.03. The molecule has 33 heavy (non-hydrogen) atoms. The van der Waals surface area contributed by atoms with E-state index in [1.54, 1.807) is 7.11 Å². The number of nitrogens with zero attached hydrogens (tertiary/aromatic N) is 4. The van der Waals surface area contributed by atoms with E-state index in [9.17, 15) is 10.2 Å². The predicted molar refractivity (Wildman–Crippen MR) is 125 cm³/mol. The number of methoxy groups -OCH3 is 1. The van der Waals surface area contributed by atoms with Gasteiger partial charge in [0.1, 0.15) is 23.9 Å². The largest absolute Gasteiger partial charge is 0.493 e. The van der Waals surface area contributed by atoms with E-state index in [0.29, 0.717) is 23.0 Å². The van der Waals surface area contributed by atoms with Crippen molar-refractivity contribution in [3.8, 4) is 5.75 Å². The molecule has 3 aromatic heterocycles. The van der Waals surface area contributed by atoms with E-state index in [-0.39, 0.29) is 17.4 Å². The minimum Gasteiger partial charge on any atom is -0.493 e. The first-order valence-electron chi connectivity index (χ1n) is 11.1. The highest BCUT2D eigenvalue weighted by atomic mass is 16.5. The van der Waals surface area contributed by atoms with Gasteiger partial charge in [0, 0.05) is 17.0 Å². The van der Waals surface area contributed by atoms with Gasteiger partial charge in [-0.1, -0.05) is 12.1 Å². The summed E-state index contributed by atoms with van der Waals surface area (Å²) in [6, 6.07) is 9.64. The van der Waals surface area contributed by atoms with Gasteiger partial charge in [-0.25, -0.2) is 15.0 Å². The molecule has 9 heteroatoms. The molecule has 0 radical (unpaired) electrons. The van der Waals surface area contributed by atoms with Crippen molar-refractivity contribution in [2.24, 2.45) is 11.3 Å². The van der Waals surface area contributed by atoms with Gasteiger partial charge in [0.15, 0.2) is 11.6 Å². The zero-order chi connectivity index (χ0) is 22.9. The fraction of sp³-hybridized carbons (Fsp3) is 0.375. The van der Waals surface area contributed by atoms with Crippen LogP contribution in [0.4, 0.5) is 11.6 Å². The lowest BCUT2D eigenvalue weighted by atomic mass is 9.91. The van der Waals surface area contributed by atoms with Gasteiger partial charge < -0.3 is 31.0 Å². The number of aryl methyl sites for hydroxylation is 1. The molecule has 4 aromatic rings. The molecule has 170 valence electrons. The SMILES string of the molecule is COc1cc2ccc(CC[C@]34C[C@@H]3[C@@H](n3ccc5c(N)ncnc53)[C@H](O)[C@@H]4O)cc2nc1N. The molecule has 2 saturated carbocycles. The Bertz CT molecular complexity index is 1390. The van der Waals surface area contributed by atoms with Gasteiger partial charge in [-0.3, -0.25) is 0 Å². The number of fused-ring (bicyclic) bond motifs is 3. The molecule has 9 nitrogen and oxygen atoms in total. The topological polar surface area (TPSA) is 145 Å². The van der Waals surface area contributed by atoms with Crippen molar-refractivity contribution in [2.75, 3.05) is 18.6 Å². The molecule has 6 rings (SSSR count). The molecular weight excluding hydrogens is 420 g/mol. The van der Waals surface area contributed by atoms with Crippen LogP contribution in [0.3, 0.4) is 0 Å². The number of benzene rings is 1. The Morgan fingerprint density at radius 2 is 2.00 bits per heavy atom. The maximum absolute atomic E-state index is 11.0. The van der Waals surface area contributed by atoms with E-state index in [1.165, 1.54) is 6.33 Å². The monoisotopic (exact) mass is 446 g/mol. The van der Waals surface area contributed by atoms with Crippen molar-refractivity contribution in [1.29, 1.82) is 0 Å². The lowest BCUT2D eigenvalue weighted by molar-refractivity contribution is -0.0191. The molecule has 0 spiro atoms. The number of rotatable bonds is 5. The van der Waals surface area contributed by atoms with Gasteiger partial charge in [0.25, 0.3) is 0 Å². The highest BCUT2D eigenvalue weighted by molar-refractivity contribution is 5.86. The molecule has 0 aliphatic heterocycles. The molecule has 0 amide bonds. The van der Waals surface area contributed by atoms with Crippen molar-refractivity contribution in [1.82, 2.24) is 19.5 Å². The van der Waals surface area contributed by atoms with Crippen LogP contribution in [0, 0.1) is 11.3 Å². The minimum absolute atomic E-state index is 0.174. The first-order valence-corrected chi connectivity index (χ1v) is 11.1. The lowest BCUT2D eigenvalue weighted by Crippen LogP contribution is -2.34. The summed E-state index contributed by atoms with van der Waals surface area (Å²) in [5.74, 6) is 1.52. The Morgan fingerprint density at radius 1 is 1.15 bits per heavy atom. The predicted octanol–water partition coefficient (Wildman–Crippen LogP) is 2.07. The summed E-state index contributed by atoms with van der Waals surface area (Å²) in [6.45, 7) is 0. The van der Waals surface area contributed by atoms with Gasteiger partial charge in [0.05, 0.1) is 30.2 Å². The Labute approximate surface area is 190 Å². The summed E-state index contributed by atoms with van der Waals surface area (Å²) in [4.78, 5) is 12.9. The van der Waals surface area contributed by atoms with Crippen LogP contribution in [0.15, 0.2) is 42.9 Å². The highest BCUT2D eigenvalue weighted by Crippen LogP contribution is 2.69. The summed E-state index contributed by atoms with van der Waals surface area (Å²) in [6.07, 6.45) is 4.09. The summed E-state index contributed by atoms with van der Waals surface area (Å²) in [5, 5.41) is 23.7. The molecule has 0 unspecified atom stereocenters. The molecule has 5 atom stereocenters. The fourth-order valence-electron chi connectivity index (χ4n) is 5.85. The second-order valence-electron chi connectivity index (χ2n) is 9.29. The zero-order valence-electron chi connectivity index (χ0n) is 18.2. The van der Waals surface area contributed by atoms with E-state index in [1.807, 2.05) is 35.0 Å². The van der Waals surface area contributed by atoms with E-state index in [0.717, 1.165) is 41.1 Å². The summed E-state index contributed by atoms with van der Waals surface area (Å²) in [7, 11) is 1.58. The van der Waals surface area contributed by atoms with E-state index < -0.39 is 12.2 Å². The number of ether oxygens (including phenoxy) is 1. The van der Waals surface area contributed by atoms with E-state index in [4.69, 9.17) is 16.2 Å². The first kappa shape index (κ1) is 20.2. The van der Waals surface area contributed by atoms with Gasteiger partial charge in [-0.05, 0) is 48.9 Å². The van der Waals surface area contributed by atoms with Crippen LogP contribution >= 0.6 is 0 Å². The smallest absolute Gasteiger partial charge is 0.166 e. The second-order valence-corrected chi connectivity index (χ2v) is 9.29.